The van der Waals surface area contributed by atoms with Gasteiger partial charge in [0.05, 0.1) is 0 Å². The first kappa shape index (κ1) is 26.0. The molecule has 0 spiro atoms. The Hall–Kier alpha value is -1.26. The molecule has 31 heavy (non-hydrogen) atoms. The third kappa shape index (κ3) is 5.76. The molecule has 0 unspecified atom stereocenters. The molecule has 0 radical (unpaired) electrons. The first-order valence-corrected chi connectivity index (χ1v) is 11.4. The van der Waals surface area contributed by atoms with Crippen molar-refractivity contribution in [1.82, 2.24) is 10.2 Å². The lowest BCUT2D eigenvalue weighted by atomic mass is 9.57. The molecule has 2 N–H and O–H groups in total. The van der Waals surface area contributed by atoms with Crippen LogP contribution in [0.3, 0.4) is 0 Å². The number of aryl methyl sites for hydroxylation is 1. The van der Waals surface area contributed by atoms with E-state index in [9.17, 15) is 5.11 Å². The van der Waals surface area contributed by atoms with Crippen molar-refractivity contribution in [3.8, 4) is 5.75 Å². The number of phenolic OH excluding ortho intramolecular Hbond substituents is 1. The van der Waals surface area contributed by atoms with Gasteiger partial charge in [0.1, 0.15) is 5.75 Å². The van der Waals surface area contributed by atoms with Gasteiger partial charge in [-0.05, 0) is 74.4 Å². The van der Waals surface area contributed by atoms with E-state index in [-0.39, 0.29) is 30.2 Å². The van der Waals surface area contributed by atoms with Gasteiger partial charge in [0.2, 0.25) is 0 Å². The zero-order valence-electron chi connectivity index (χ0n) is 18.8. The van der Waals surface area contributed by atoms with Crippen molar-refractivity contribution < 1.29 is 5.11 Å². The van der Waals surface area contributed by atoms with Gasteiger partial charge in [-0.25, -0.2) is 0 Å². The van der Waals surface area contributed by atoms with E-state index in [0.29, 0.717) is 23.8 Å². The number of nitrogens with zero attached hydrogens (tertiary/aromatic N) is 1. The van der Waals surface area contributed by atoms with Crippen LogP contribution >= 0.6 is 24.8 Å². The molecule has 0 aromatic heterocycles. The third-order valence-corrected chi connectivity index (χ3v) is 7.40. The molecule has 2 fully saturated rings. The minimum Gasteiger partial charge on any atom is -0.508 e. The summed E-state index contributed by atoms with van der Waals surface area (Å²) in [6.45, 7) is 8.01. The molecule has 1 aliphatic carbocycles. The number of halogens is 2. The van der Waals surface area contributed by atoms with E-state index in [1.807, 2.05) is 12.1 Å². The monoisotopic (exact) mass is 464 g/mol. The average molecular weight is 466 g/mol. The predicted octanol–water partition coefficient (Wildman–Crippen LogP) is 5.59. The maximum atomic E-state index is 10.1. The van der Waals surface area contributed by atoms with Crippen LogP contribution in [0, 0.1) is 5.92 Å². The molecular weight excluding hydrogens is 427 g/mol. The number of piperidine rings is 1. The van der Waals surface area contributed by atoms with Crippen LogP contribution in [0.4, 0.5) is 0 Å². The molecule has 4 rings (SSSR count). The van der Waals surface area contributed by atoms with Crippen molar-refractivity contribution in [2.45, 2.75) is 63.5 Å². The Morgan fingerprint density at radius 1 is 1.06 bits per heavy atom. The molecule has 0 amide bonds. The summed E-state index contributed by atoms with van der Waals surface area (Å²) in [5.74, 6) is 0.982. The summed E-state index contributed by atoms with van der Waals surface area (Å²) in [5.41, 5.74) is 2.95. The van der Waals surface area contributed by atoms with Gasteiger partial charge in [-0.15, -0.1) is 24.8 Å². The fourth-order valence-electron chi connectivity index (χ4n) is 5.98. The van der Waals surface area contributed by atoms with Crippen molar-refractivity contribution in [1.29, 1.82) is 0 Å². The maximum absolute atomic E-state index is 10.1. The van der Waals surface area contributed by atoms with E-state index < -0.39 is 0 Å². The van der Waals surface area contributed by atoms with Crippen molar-refractivity contribution in [3.05, 3.63) is 65.7 Å². The standard InChI is InChI=1S/C26H36N2O.2ClH/c1-3-27-23-16-24-18-26(17-23,22-12-7-13-25(29)15-22)20(2)19-28(24)14-8-11-21-9-5-4-6-10-21;;/h4-7,9-10,12-13,15,20,23-24,27,29H,3,8,11,14,16-19H2,1-2H3;2*1H/t20-,23+,24+,26+;;/m1../s1. The number of benzene rings is 2. The number of rotatable bonds is 7. The minimum atomic E-state index is 0. The molecule has 2 aromatic rings. The van der Waals surface area contributed by atoms with E-state index in [1.165, 1.54) is 43.4 Å². The Bertz CT molecular complexity index is 803. The molecule has 4 atom stereocenters. The third-order valence-electron chi connectivity index (χ3n) is 7.40. The number of phenols is 1. The zero-order valence-corrected chi connectivity index (χ0v) is 20.4. The van der Waals surface area contributed by atoms with E-state index in [0.717, 1.165) is 19.5 Å². The molecule has 3 nitrogen and oxygen atoms in total. The average Bonchev–Trinajstić information content (AvgIpc) is 2.73. The van der Waals surface area contributed by atoms with E-state index >= 15 is 0 Å². The summed E-state index contributed by atoms with van der Waals surface area (Å²) in [7, 11) is 0. The number of hydrogen-bond acceptors (Lipinski definition) is 3. The molecule has 5 heteroatoms. The SMILES string of the molecule is CCN[C@H]1C[C@H]2C[C@@](c3cccc(O)c3)(C1)[C@H](C)CN2CCCc1ccccc1.Cl.Cl. The summed E-state index contributed by atoms with van der Waals surface area (Å²) in [6.07, 6.45) is 6.02. The van der Waals surface area contributed by atoms with Crippen LogP contribution in [0.25, 0.3) is 0 Å². The van der Waals surface area contributed by atoms with Gasteiger partial charge in [-0.3, -0.25) is 4.90 Å². The van der Waals surface area contributed by atoms with Gasteiger partial charge in [0.15, 0.2) is 0 Å². The highest BCUT2D eigenvalue weighted by atomic mass is 35.5. The molecule has 1 saturated carbocycles. The van der Waals surface area contributed by atoms with Crippen molar-refractivity contribution in [3.63, 3.8) is 0 Å². The zero-order chi connectivity index (χ0) is 20.3. The second-order valence-electron chi connectivity index (χ2n) is 9.24. The van der Waals surface area contributed by atoms with Gasteiger partial charge >= 0.3 is 0 Å². The van der Waals surface area contributed by atoms with Gasteiger partial charge < -0.3 is 10.4 Å². The lowest BCUT2D eigenvalue weighted by Gasteiger charge is -2.57. The summed E-state index contributed by atoms with van der Waals surface area (Å²) >= 11 is 0. The number of nitrogens with one attached hydrogen (secondary N) is 1. The second-order valence-corrected chi connectivity index (χ2v) is 9.24. The molecule has 2 aliphatic rings. The van der Waals surface area contributed by atoms with Crippen molar-refractivity contribution >= 4 is 24.8 Å². The van der Waals surface area contributed by atoms with E-state index in [2.05, 4.69) is 60.5 Å². The van der Waals surface area contributed by atoms with Crippen LogP contribution in [0.5, 0.6) is 5.75 Å². The van der Waals surface area contributed by atoms with E-state index in [1.54, 1.807) is 6.07 Å². The fraction of sp³-hybridized carbons (Fsp3) is 0.538. The molecule has 172 valence electrons. The molecule has 1 saturated heterocycles. The molecule has 1 heterocycles. The summed E-state index contributed by atoms with van der Waals surface area (Å²) in [4.78, 5) is 2.76. The van der Waals surface area contributed by atoms with Gasteiger partial charge in [0, 0.05) is 24.0 Å². The highest BCUT2D eigenvalue weighted by Gasteiger charge is 2.50. The number of likely N-dealkylation sites (tertiary alicyclic amines) is 1. The lowest BCUT2D eigenvalue weighted by Crippen LogP contribution is -2.61. The highest BCUT2D eigenvalue weighted by Crippen LogP contribution is 2.50. The van der Waals surface area contributed by atoms with Crippen LogP contribution in [0.15, 0.2) is 54.6 Å². The molecule has 1 aliphatic heterocycles. The maximum Gasteiger partial charge on any atom is 0.115 e. The Morgan fingerprint density at radius 2 is 1.84 bits per heavy atom. The fourth-order valence-corrected chi connectivity index (χ4v) is 5.98. The number of hydrogen-bond donors (Lipinski definition) is 2. The summed E-state index contributed by atoms with van der Waals surface area (Å²) in [6, 6.07) is 20.1. The van der Waals surface area contributed by atoms with E-state index in [4.69, 9.17) is 0 Å². The number of aromatic hydroxyl groups is 1. The topological polar surface area (TPSA) is 35.5 Å². The summed E-state index contributed by atoms with van der Waals surface area (Å²) in [5, 5.41) is 13.9. The Kier molecular flexibility index (Phi) is 9.69. The van der Waals surface area contributed by atoms with Crippen LogP contribution < -0.4 is 5.32 Å². The molecular formula is C26H38Cl2N2O. The van der Waals surface area contributed by atoms with Gasteiger partial charge in [-0.1, -0.05) is 56.3 Å². The normalized spacial score (nSPS) is 27.7. The Labute approximate surface area is 200 Å². The highest BCUT2D eigenvalue weighted by molar-refractivity contribution is 5.85. The quantitative estimate of drug-likeness (QED) is 0.560. The van der Waals surface area contributed by atoms with Crippen molar-refractivity contribution in [2.75, 3.05) is 19.6 Å². The summed E-state index contributed by atoms with van der Waals surface area (Å²) < 4.78 is 0. The van der Waals surface area contributed by atoms with Gasteiger partial charge in [-0.2, -0.15) is 0 Å². The molecule has 2 aromatic carbocycles. The van der Waals surface area contributed by atoms with Crippen LogP contribution in [-0.2, 0) is 11.8 Å². The number of fused-ring (bicyclic) bond motifs is 2. The lowest BCUT2D eigenvalue weighted by molar-refractivity contribution is -0.00355. The largest absolute Gasteiger partial charge is 0.508 e. The Balaban J connectivity index is 0.00000171. The van der Waals surface area contributed by atoms with Crippen LogP contribution in [0.2, 0.25) is 0 Å². The van der Waals surface area contributed by atoms with Crippen LogP contribution in [-0.4, -0.2) is 41.7 Å². The smallest absolute Gasteiger partial charge is 0.115 e. The first-order chi connectivity index (χ1) is 14.1. The van der Waals surface area contributed by atoms with Crippen LogP contribution in [0.1, 0.15) is 50.7 Å². The molecule has 2 bridgehead atoms. The first-order valence-electron chi connectivity index (χ1n) is 11.4. The predicted molar refractivity (Wildman–Crippen MR) is 135 cm³/mol. The van der Waals surface area contributed by atoms with Crippen molar-refractivity contribution in [2.24, 2.45) is 5.92 Å². The van der Waals surface area contributed by atoms with Gasteiger partial charge in [0.25, 0.3) is 0 Å². The Morgan fingerprint density at radius 3 is 2.55 bits per heavy atom. The second kappa shape index (κ2) is 11.6. The minimum absolute atomic E-state index is 0.